The lowest BCUT2D eigenvalue weighted by Gasteiger charge is -2.10. The Morgan fingerprint density at radius 2 is 2.06 bits per heavy atom. The van der Waals surface area contributed by atoms with Gasteiger partial charge in [0, 0.05) is 12.3 Å². The third-order valence-corrected chi connectivity index (χ3v) is 2.98. The van der Waals surface area contributed by atoms with Gasteiger partial charge in [0.2, 0.25) is 0 Å². The average molecular weight is 258 g/mol. The fourth-order valence-corrected chi connectivity index (χ4v) is 1.68. The number of nitrogens with two attached hydrogens (primary N) is 1. The first-order chi connectivity index (χ1) is 8.58. The predicted molar refractivity (Wildman–Crippen MR) is 76.1 cm³/mol. The summed E-state index contributed by atoms with van der Waals surface area (Å²) in [5, 5.41) is 0. The molecule has 0 radical (unpaired) electrons. The van der Waals surface area contributed by atoms with E-state index in [4.69, 9.17) is 22.7 Å². The van der Waals surface area contributed by atoms with E-state index in [2.05, 4.69) is 18.0 Å². The molecule has 0 saturated heterocycles. The summed E-state index contributed by atoms with van der Waals surface area (Å²) in [4.78, 5) is 4.34. The van der Waals surface area contributed by atoms with Gasteiger partial charge in [0.25, 0.3) is 0 Å². The van der Waals surface area contributed by atoms with Gasteiger partial charge in [-0.15, -0.1) is 0 Å². The molecule has 18 heavy (non-hydrogen) atoms. The summed E-state index contributed by atoms with van der Waals surface area (Å²) in [5.74, 6) is 1.51. The highest BCUT2D eigenvalue weighted by molar-refractivity contribution is 7.80. The van der Waals surface area contributed by atoms with E-state index >= 15 is 0 Å². The summed E-state index contributed by atoms with van der Waals surface area (Å²) >= 11 is 4.89. The van der Waals surface area contributed by atoms with Crippen LogP contribution >= 0.6 is 12.2 Å². The molecule has 0 saturated carbocycles. The monoisotopic (exact) mass is 258 g/mol. The minimum atomic E-state index is 0.265. The van der Waals surface area contributed by atoms with Gasteiger partial charge in [-0.3, -0.25) is 4.98 Å². The molecule has 1 aromatic heterocycles. The van der Waals surface area contributed by atoms with E-state index in [1.165, 1.54) is 5.56 Å². The Bertz CT molecular complexity index is 596. The summed E-state index contributed by atoms with van der Waals surface area (Å²) < 4.78 is 5.83. The minimum absolute atomic E-state index is 0.265. The lowest BCUT2D eigenvalue weighted by atomic mass is 10.1. The van der Waals surface area contributed by atoms with Crippen molar-refractivity contribution in [3.05, 3.63) is 53.3 Å². The van der Waals surface area contributed by atoms with Gasteiger partial charge in [-0.2, -0.15) is 0 Å². The van der Waals surface area contributed by atoms with Gasteiger partial charge in [-0.1, -0.05) is 24.4 Å². The van der Waals surface area contributed by atoms with Crippen molar-refractivity contribution in [2.45, 2.75) is 13.8 Å². The Morgan fingerprint density at radius 1 is 1.28 bits per heavy atom. The quantitative estimate of drug-likeness (QED) is 0.859. The number of hydrogen-bond donors (Lipinski definition) is 1. The SMILES string of the molecule is Cc1cccc(Oc2ccnc(C(N)=S)c2)c1C. The zero-order valence-electron chi connectivity index (χ0n) is 10.3. The molecule has 0 unspecified atom stereocenters. The first kappa shape index (κ1) is 12.5. The van der Waals surface area contributed by atoms with Crippen LogP contribution in [0.1, 0.15) is 16.8 Å². The molecule has 0 bridgehead atoms. The van der Waals surface area contributed by atoms with Gasteiger partial charge in [0.1, 0.15) is 22.2 Å². The topological polar surface area (TPSA) is 48.1 Å². The van der Waals surface area contributed by atoms with Crippen LogP contribution in [0.15, 0.2) is 36.5 Å². The van der Waals surface area contributed by atoms with Crippen molar-refractivity contribution in [2.24, 2.45) is 5.73 Å². The van der Waals surface area contributed by atoms with Crippen LogP contribution < -0.4 is 10.5 Å². The minimum Gasteiger partial charge on any atom is -0.457 e. The standard InChI is InChI=1S/C14H14N2OS/c1-9-4-3-5-13(10(9)2)17-11-6-7-16-12(8-11)14(15)18/h3-8H,1-2H3,(H2,15,18). The number of nitrogens with zero attached hydrogens (tertiary/aromatic N) is 1. The van der Waals surface area contributed by atoms with Crippen molar-refractivity contribution in [3.8, 4) is 11.5 Å². The molecular weight excluding hydrogens is 244 g/mol. The Balaban J connectivity index is 2.31. The van der Waals surface area contributed by atoms with Crippen molar-refractivity contribution in [1.29, 1.82) is 0 Å². The van der Waals surface area contributed by atoms with Crippen molar-refractivity contribution < 1.29 is 4.74 Å². The Hall–Kier alpha value is -1.94. The molecule has 0 aliphatic carbocycles. The first-order valence-corrected chi connectivity index (χ1v) is 5.98. The number of hydrogen-bond acceptors (Lipinski definition) is 3. The molecule has 1 aromatic carbocycles. The number of thiocarbonyl (C=S) groups is 1. The van der Waals surface area contributed by atoms with Crippen molar-refractivity contribution >= 4 is 17.2 Å². The normalized spacial score (nSPS) is 10.1. The lowest BCUT2D eigenvalue weighted by molar-refractivity contribution is 0.477. The predicted octanol–water partition coefficient (Wildman–Crippen LogP) is 3.12. The van der Waals surface area contributed by atoms with Crippen molar-refractivity contribution in [2.75, 3.05) is 0 Å². The molecule has 0 amide bonds. The second kappa shape index (κ2) is 5.14. The van der Waals surface area contributed by atoms with E-state index in [0.29, 0.717) is 11.4 Å². The molecule has 4 heteroatoms. The van der Waals surface area contributed by atoms with E-state index in [9.17, 15) is 0 Å². The summed E-state index contributed by atoms with van der Waals surface area (Å²) in [6.07, 6.45) is 1.63. The van der Waals surface area contributed by atoms with E-state index in [1.54, 1.807) is 18.3 Å². The van der Waals surface area contributed by atoms with E-state index < -0.39 is 0 Å². The molecule has 2 aromatic rings. The zero-order valence-corrected chi connectivity index (χ0v) is 11.1. The summed E-state index contributed by atoms with van der Waals surface area (Å²) in [6, 6.07) is 9.47. The van der Waals surface area contributed by atoms with Crippen LogP contribution in [0.5, 0.6) is 11.5 Å². The second-order valence-corrected chi connectivity index (χ2v) is 4.48. The Kier molecular flexibility index (Phi) is 3.58. The van der Waals surface area contributed by atoms with Gasteiger partial charge in [-0.25, -0.2) is 0 Å². The molecular formula is C14H14N2OS. The molecule has 2 N–H and O–H groups in total. The Morgan fingerprint density at radius 3 is 2.78 bits per heavy atom. The molecule has 2 rings (SSSR count). The van der Waals surface area contributed by atoms with Crippen molar-refractivity contribution in [3.63, 3.8) is 0 Å². The largest absolute Gasteiger partial charge is 0.457 e. The average Bonchev–Trinajstić information content (AvgIpc) is 2.35. The highest BCUT2D eigenvalue weighted by Crippen LogP contribution is 2.26. The third-order valence-electron chi connectivity index (χ3n) is 2.77. The number of aryl methyl sites for hydroxylation is 1. The van der Waals surface area contributed by atoms with Crippen LogP contribution in [0, 0.1) is 13.8 Å². The fraction of sp³-hybridized carbons (Fsp3) is 0.143. The molecule has 3 nitrogen and oxygen atoms in total. The Labute approximate surface area is 112 Å². The number of aromatic nitrogens is 1. The lowest BCUT2D eigenvalue weighted by Crippen LogP contribution is -2.11. The summed E-state index contributed by atoms with van der Waals surface area (Å²) in [5.41, 5.74) is 8.41. The van der Waals surface area contributed by atoms with E-state index in [1.807, 2.05) is 19.1 Å². The van der Waals surface area contributed by atoms with Crippen LogP contribution in [0.25, 0.3) is 0 Å². The van der Waals surface area contributed by atoms with E-state index in [-0.39, 0.29) is 4.99 Å². The van der Waals surface area contributed by atoms with Gasteiger partial charge in [0.15, 0.2) is 0 Å². The number of benzene rings is 1. The van der Waals surface area contributed by atoms with Crippen molar-refractivity contribution in [1.82, 2.24) is 4.98 Å². The maximum atomic E-state index is 5.83. The molecule has 0 aliphatic heterocycles. The molecule has 0 spiro atoms. The molecule has 0 atom stereocenters. The van der Waals surface area contributed by atoms with Crippen LogP contribution in [-0.4, -0.2) is 9.97 Å². The number of ether oxygens (including phenoxy) is 1. The highest BCUT2D eigenvalue weighted by Gasteiger charge is 2.05. The first-order valence-electron chi connectivity index (χ1n) is 5.58. The van der Waals surface area contributed by atoms with Gasteiger partial charge < -0.3 is 10.5 Å². The van der Waals surface area contributed by atoms with Gasteiger partial charge in [0.05, 0.1) is 0 Å². The molecule has 1 heterocycles. The second-order valence-electron chi connectivity index (χ2n) is 4.04. The van der Waals surface area contributed by atoms with Gasteiger partial charge in [-0.05, 0) is 37.1 Å². The van der Waals surface area contributed by atoms with Crippen LogP contribution in [-0.2, 0) is 0 Å². The number of pyridine rings is 1. The highest BCUT2D eigenvalue weighted by atomic mass is 32.1. The fourth-order valence-electron chi connectivity index (χ4n) is 1.57. The van der Waals surface area contributed by atoms with Crippen LogP contribution in [0.2, 0.25) is 0 Å². The summed E-state index contributed by atoms with van der Waals surface area (Å²) in [6.45, 7) is 4.08. The van der Waals surface area contributed by atoms with E-state index in [0.717, 1.165) is 11.3 Å². The summed E-state index contributed by atoms with van der Waals surface area (Å²) in [7, 11) is 0. The molecule has 0 aliphatic rings. The molecule has 92 valence electrons. The third kappa shape index (κ3) is 2.65. The van der Waals surface area contributed by atoms with Crippen LogP contribution in [0.3, 0.4) is 0 Å². The maximum absolute atomic E-state index is 5.83. The zero-order chi connectivity index (χ0) is 13.1. The van der Waals surface area contributed by atoms with Crippen LogP contribution in [0.4, 0.5) is 0 Å². The maximum Gasteiger partial charge on any atom is 0.131 e. The number of rotatable bonds is 3. The smallest absolute Gasteiger partial charge is 0.131 e. The van der Waals surface area contributed by atoms with Gasteiger partial charge >= 0.3 is 0 Å². The molecule has 0 fully saturated rings.